The SMILES string of the molecule is NC(=S)N/N=C1\CN(c2ccccc2)C2=C(C(=O)c3ccccc3C2=O)N1c1ccccc1. The van der Waals surface area contributed by atoms with E-state index in [2.05, 4.69) is 10.5 Å². The average molecular weight is 454 g/mol. The van der Waals surface area contributed by atoms with Crippen LogP contribution in [0.2, 0.25) is 0 Å². The van der Waals surface area contributed by atoms with Gasteiger partial charge in [0.1, 0.15) is 11.4 Å². The molecule has 1 heterocycles. The van der Waals surface area contributed by atoms with Crippen LogP contribution < -0.4 is 21.0 Å². The highest BCUT2D eigenvalue weighted by atomic mass is 32.1. The van der Waals surface area contributed by atoms with E-state index in [1.807, 2.05) is 65.6 Å². The Morgan fingerprint density at radius 2 is 1.30 bits per heavy atom. The van der Waals surface area contributed by atoms with Crippen LogP contribution in [0, 0.1) is 0 Å². The van der Waals surface area contributed by atoms with Crippen LogP contribution in [-0.2, 0) is 0 Å². The van der Waals surface area contributed by atoms with Gasteiger partial charge in [0.15, 0.2) is 10.9 Å². The topological polar surface area (TPSA) is 91.0 Å². The highest BCUT2D eigenvalue weighted by Gasteiger charge is 2.43. The monoisotopic (exact) mass is 453 g/mol. The van der Waals surface area contributed by atoms with Crippen LogP contribution >= 0.6 is 12.2 Å². The number of para-hydroxylation sites is 2. The zero-order valence-corrected chi connectivity index (χ0v) is 18.3. The number of benzene rings is 3. The number of rotatable bonds is 3. The summed E-state index contributed by atoms with van der Waals surface area (Å²) in [5, 5.41) is 4.41. The van der Waals surface area contributed by atoms with Crippen molar-refractivity contribution in [3.8, 4) is 0 Å². The predicted molar refractivity (Wildman–Crippen MR) is 132 cm³/mol. The number of Topliss-reactive ketones (excluding diaryl/α,β-unsaturated/α-hetero) is 2. The summed E-state index contributed by atoms with van der Waals surface area (Å²) in [6, 6.07) is 25.6. The largest absolute Gasteiger partial charge is 0.375 e. The molecular weight excluding hydrogens is 434 g/mol. The summed E-state index contributed by atoms with van der Waals surface area (Å²) in [7, 11) is 0. The van der Waals surface area contributed by atoms with Gasteiger partial charge in [-0.1, -0.05) is 60.7 Å². The van der Waals surface area contributed by atoms with E-state index < -0.39 is 0 Å². The van der Waals surface area contributed by atoms with Gasteiger partial charge in [0.2, 0.25) is 11.6 Å². The minimum atomic E-state index is -0.257. The molecular formula is C25H19N5O2S. The Morgan fingerprint density at radius 1 is 0.788 bits per heavy atom. The van der Waals surface area contributed by atoms with Crippen molar-refractivity contribution in [2.75, 3.05) is 16.3 Å². The van der Waals surface area contributed by atoms with Crippen LogP contribution in [0.1, 0.15) is 20.7 Å². The lowest BCUT2D eigenvalue weighted by molar-refractivity contribution is 0.0970. The second-order valence-corrected chi connectivity index (χ2v) is 7.94. The molecule has 3 aromatic rings. The molecule has 162 valence electrons. The minimum Gasteiger partial charge on any atom is -0.375 e. The third kappa shape index (κ3) is 3.56. The number of carbonyl (C=O) groups excluding carboxylic acids is 2. The molecule has 3 aromatic carbocycles. The molecule has 0 amide bonds. The molecule has 1 aliphatic heterocycles. The van der Waals surface area contributed by atoms with Crippen LogP contribution in [0.3, 0.4) is 0 Å². The van der Waals surface area contributed by atoms with Gasteiger partial charge < -0.3 is 10.6 Å². The maximum absolute atomic E-state index is 13.8. The van der Waals surface area contributed by atoms with E-state index >= 15 is 0 Å². The first kappa shape index (κ1) is 20.6. The van der Waals surface area contributed by atoms with Crippen molar-refractivity contribution < 1.29 is 9.59 Å². The summed E-state index contributed by atoms with van der Waals surface area (Å²) in [5.41, 5.74) is 11.0. The maximum atomic E-state index is 13.8. The zero-order valence-electron chi connectivity index (χ0n) is 17.4. The number of hydrazone groups is 1. The smallest absolute Gasteiger partial charge is 0.212 e. The highest BCUT2D eigenvalue weighted by Crippen LogP contribution is 2.38. The molecule has 8 heteroatoms. The maximum Gasteiger partial charge on any atom is 0.212 e. The summed E-state index contributed by atoms with van der Waals surface area (Å²) in [5.74, 6) is -0.00353. The molecule has 3 N–H and O–H groups in total. The van der Waals surface area contributed by atoms with Gasteiger partial charge >= 0.3 is 0 Å². The number of fused-ring (bicyclic) bond motifs is 1. The molecule has 0 fully saturated rings. The van der Waals surface area contributed by atoms with Gasteiger partial charge in [-0.2, -0.15) is 5.10 Å². The Bertz CT molecular complexity index is 1340. The Balaban J connectivity index is 1.80. The number of thiocarbonyl (C=S) groups is 1. The first-order valence-electron chi connectivity index (χ1n) is 10.3. The Hall–Kier alpha value is -4.30. The average Bonchev–Trinajstić information content (AvgIpc) is 2.86. The van der Waals surface area contributed by atoms with E-state index in [4.69, 9.17) is 18.0 Å². The minimum absolute atomic E-state index is 0.00191. The Kier molecular flexibility index (Phi) is 5.20. The zero-order chi connectivity index (χ0) is 22.9. The first-order chi connectivity index (χ1) is 16.1. The molecule has 0 saturated carbocycles. The molecule has 2 aliphatic rings. The summed E-state index contributed by atoms with van der Waals surface area (Å²) >= 11 is 4.95. The van der Waals surface area contributed by atoms with Crippen LogP contribution in [0.15, 0.2) is 101 Å². The van der Waals surface area contributed by atoms with Crippen molar-refractivity contribution in [1.82, 2.24) is 5.43 Å². The number of nitrogens with zero attached hydrogens (tertiary/aromatic N) is 3. The number of nitrogens with two attached hydrogens (primary N) is 1. The normalized spacial score (nSPS) is 16.5. The standard InChI is InChI=1S/C25H19N5O2S/c26-25(33)28-27-20-15-29(16-9-3-1-4-10-16)21-22(30(20)17-11-5-2-6-12-17)24(32)19-14-8-7-13-18(19)23(21)31/h1-14H,15H2,(H3,26,28,33)/b27-20+. The van der Waals surface area contributed by atoms with Gasteiger partial charge in [0.25, 0.3) is 0 Å². The first-order valence-corrected chi connectivity index (χ1v) is 10.7. The molecule has 1 aliphatic carbocycles. The summed E-state index contributed by atoms with van der Waals surface area (Å²) < 4.78 is 0. The number of amidine groups is 1. The molecule has 0 atom stereocenters. The van der Waals surface area contributed by atoms with Gasteiger partial charge in [-0.3, -0.25) is 19.9 Å². The van der Waals surface area contributed by atoms with E-state index in [-0.39, 0.29) is 28.9 Å². The van der Waals surface area contributed by atoms with Crippen molar-refractivity contribution in [2.24, 2.45) is 10.8 Å². The number of nitrogens with one attached hydrogen (secondary N) is 1. The van der Waals surface area contributed by atoms with Crippen molar-refractivity contribution in [2.45, 2.75) is 0 Å². The fraction of sp³-hybridized carbons (Fsp3) is 0.0400. The lowest BCUT2D eigenvalue weighted by Crippen LogP contribution is -2.53. The number of allylic oxidation sites excluding steroid dienone is 2. The number of carbonyl (C=O) groups is 2. The van der Waals surface area contributed by atoms with E-state index in [9.17, 15) is 9.59 Å². The Morgan fingerprint density at radius 3 is 1.88 bits per heavy atom. The number of anilines is 2. The highest BCUT2D eigenvalue weighted by molar-refractivity contribution is 7.80. The number of hydrogen-bond acceptors (Lipinski definition) is 5. The molecule has 0 radical (unpaired) electrons. The predicted octanol–water partition coefficient (Wildman–Crippen LogP) is 3.45. The third-order valence-corrected chi connectivity index (χ3v) is 5.59. The van der Waals surface area contributed by atoms with Gasteiger partial charge in [-0.05, 0) is 36.5 Å². The number of hydrogen-bond donors (Lipinski definition) is 2. The molecule has 33 heavy (non-hydrogen) atoms. The lowest BCUT2D eigenvalue weighted by atomic mass is 9.87. The molecule has 0 aromatic heterocycles. The van der Waals surface area contributed by atoms with Crippen LogP contribution in [0.5, 0.6) is 0 Å². The van der Waals surface area contributed by atoms with Crippen molar-refractivity contribution in [3.05, 3.63) is 107 Å². The second-order valence-electron chi connectivity index (χ2n) is 7.50. The molecule has 0 bridgehead atoms. The third-order valence-electron chi connectivity index (χ3n) is 5.50. The van der Waals surface area contributed by atoms with Gasteiger partial charge in [0, 0.05) is 22.5 Å². The summed E-state index contributed by atoms with van der Waals surface area (Å²) in [6.07, 6.45) is 0. The van der Waals surface area contributed by atoms with E-state index in [1.165, 1.54) is 0 Å². The molecule has 0 spiro atoms. The van der Waals surface area contributed by atoms with Crippen LogP contribution in [0.25, 0.3) is 0 Å². The van der Waals surface area contributed by atoms with Crippen LogP contribution in [-0.4, -0.2) is 29.1 Å². The van der Waals surface area contributed by atoms with E-state index in [0.29, 0.717) is 28.3 Å². The quantitative estimate of drug-likeness (QED) is 0.464. The molecule has 5 rings (SSSR count). The van der Waals surface area contributed by atoms with E-state index in [0.717, 1.165) is 5.69 Å². The van der Waals surface area contributed by atoms with Crippen LogP contribution in [0.4, 0.5) is 11.4 Å². The van der Waals surface area contributed by atoms with Gasteiger partial charge in [-0.25, -0.2) is 0 Å². The van der Waals surface area contributed by atoms with Gasteiger partial charge in [0.05, 0.1) is 6.54 Å². The Labute approximate surface area is 195 Å². The number of ketones is 2. The van der Waals surface area contributed by atoms with Gasteiger partial charge in [-0.15, -0.1) is 0 Å². The molecule has 7 nitrogen and oxygen atoms in total. The second kappa shape index (κ2) is 8.33. The molecule has 0 saturated heterocycles. The fourth-order valence-corrected chi connectivity index (χ4v) is 4.16. The molecule has 0 unspecified atom stereocenters. The van der Waals surface area contributed by atoms with Crippen molar-refractivity contribution in [1.29, 1.82) is 0 Å². The lowest BCUT2D eigenvalue weighted by Gasteiger charge is -2.41. The summed E-state index contributed by atoms with van der Waals surface area (Å²) in [6.45, 7) is 0.217. The summed E-state index contributed by atoms with van der Waals surface area (Å²) in [4.78, 5) is 31.1. The van der Waals surface area contributed by atoms with Crippen molar-refractivity contribution in [3.63, 3.8) is 0 Å². The fourth-order valence-electron chi connectivity index (χ4n) is 4.12. The van der Waals surface area contributed by atoms with E-state index in [1.54, 1.807) is 29.2 Å². The van der Waals surface area contributed by atoms with Crippen molar-refractivity contribution >= 4 is 46.1 Å².